The van der Waals surface area contributed by atoms with Crippen LogP contribution in [0, 0.1) is 5.92 Å². The first-order valence-corrected chi connectivity index (χ1v) is 8.78. The summed E-state index contributed by atoms with van der Waals surface area (Å²) in [5.74, 6) is -0.670. The van der Waals surface area contributed by atoms with E-state index in [1.165, 1.54) is 4.90 Å². The molecule has 138 valence electrons. The second-order valence-electron chi connectivity index (χ2n) is 6.76. The number of anilines is 1. The summed E-state index contributed by atoms with van der Waals surface area (Å²) in [6.07, 6.45) is 1.24. The fourth-order valence-corrected chi connectivity index (χ4v) is 3.84. The predicted octanol–water partition coefficient (Wildman–Crippen LogP) is 0.886. The molecule has 3 aliphatic rings. The lowest BCUT2D eigenvalue weighted by Crippen LogP contribution is -2.44. The molecule has 2 unspecified atom stereocenters. The van der Waals surface area contributed by atoms with Crippen LogP contribution in [0.1, 0.15) is 19.3 Å². The molecule has 2 saturated heterocycles. The first-order chi connectivity index (χ1) is 12.5. The quantitative estimate of drug-likeness (QED) is 0.860. The number of carbonyl (C=O) groups is 3. The fourth-order valence-electron chi connectivity index (χ4n) is 3.84. The number of carboxylic acid groups (broad SMARTS) is 1. The minimum absolute atomic E-state index is 0.0934. The van der Waals surface area contributed by atoms with Crippen LogP contribution in [0.15, 0.2) is 18.2 Å². The minimum atomic E-state index is -0.983. The summed E-state index contributed by atoms with van der Waals surface area (Å²) >= 11 is 0. The van der Waals surface area contributed by atoms with Crippen LogP contribution in [0.5, 0.6) is 11.5 Å². The van der Waals surface area contributed by atoms with Crippen LogP contribution in [0.4, 0.5) is 5.69 Å². The zero-order chi connectivity index (χ0) is 18.3. The molecule has 2 amide bonds. The number of likely N-dealkylation sites (tertiary alicyclic amines) is 1. The maximum atomic E-state index is 12.8. The van der Waals surface area contributed by atoms with Gasteiger partial charge in [0.15, 0.2) is 11.5 Å². The Hall–Kier alpha value is -2.77. The van der Waals surface area contributed by atoms with Crippen molar-refractivity contribution in [2.75, 3.05) is 31.2 Å². The molecule has 1 N–H and O–H groups in total. The van der Waals surface area contributed by atoms with Crippen molar-refractivity contribution in [1.29, 1.82) is 0 Å². The highest BCUT2D eigenvalue weighted by Crippen LogP contribution is 2.36. The summed E-state index contributed by atoms with van der Waals surface area (Å²) < 4.78 is 11.0. The normalized spacial score (nSPS) is 24.8. The molecule has 1 aromatic rings. The number of hydrogen-bond acceptors (Lipinski definition) is 5. The summed E-state index contributed by atoms with van der Waals surface area (Å²) in [6.45, 7) is 1.63. The molecular weight excluding hydrogens is 340 g/mol. The second-order valence-corrected chi connectivity index (χ2v) is 6.76. The Balaban J connectivity index is 1.50. The van der Waals surface area contributed by atoms with E-state index in [1.54, 1.807) is 23.1 Å². The molecule has 3 aliphatic heterocycles. The van der Waals surface area contributed by atoms with E-state index in [9.17, 15) is 19.5 Å². The first-order valence-electron chi connectivity index (χ1n) is 8.78. The molecule has 2 atom stereocenters. The van der Waals surface area contributed by atoms with Gasteiger partial charge < -0.3 is 24.4 Å². The predicted molar refractivity (Wildman–Crippen MR) is 90.3 cm³/mol. The number of amides is 2. The van der Waals surface area contributed by atoms with Crippen molar-refractivity contribution in [3.63, 3.8) is 0 Å². The number of carboxylic acids is 1. The van der Waals surface area contributed by atoms with Crippen molar-refractivity contribution in [2.45, 2.75) is 25.3 Å². The zero-order valence-corrected chi connectivity index (χ0v) is 14.2. The number of ether oxygens (including phenoxy) is 2. The van der Waals surface area contributed by atoms with Crippen molar-refractivity contribution >= 4 is 23.5 Å². The molecule has 8 heteroatoms. The van der Waals surface area contributed by atoms with Crippen molar-refractivity contribution in [1.82, 2.24) is 4.90 Å². The lowest BCUT2D eigenvalue weighted by molar-refractivity contribution is -0.149. The molecule has 1 aromatic carbocycles. The average Bonchev–Trinajstić information content (AvgIpc) is 3.27. The molecule has 0 aliphatic carbocycles. The maximum absolute atomic E-state index is 12.8. The van der Waals surface area contributed by atoms with Gasteiger partial charge in [0.05, 0.1) is 5.92 Å². The van der Waals surface area contributed by atoms with E-state index in [4.69, 9.17) is 9.47 Å². The van der Waals surface area contributed by atoms with E-state index < -0.39 is 17.9 Å². The number of carbonyl (C=O) groups excluding carboxylic acids is 2. The van der Waals surface area contributed by atoms with Crippen molar-refractivity contribution in [3.8, 4) is 11.5 Å². The molecule has 0 bridgehead atoms. The Morgan fingerprint density at radius 2 is 1.92 bits per heavy atom. The number of hydrogen-bond donors (Lipinski definition) is 1. The largest absolute Gasteiger partial charge is 0.486 e. The highest BCUT2D eigenvalue weighted by Gasteiger charge is 2.42. The van der Waals surface area contributed by atoms with E-state index in [2.05, 4.69) is 0 Å². The summed E-state index contributed by atoms with van der Waals surface area (Å²) in [7, 11) is 0. The van der Waals surface area contributed by atoms with Crippen molar-refractivity contribution in [2.24, 2.45) is 5.92 Å². The van der Waals surface area contributed by atoms with Crippen LogP contribution in [0.25, 0.3) is 0 Å². The van der Waals surface area contributed by atoms with Crippen LogP contribution >= 0.6 is 0 Å². The van der Waals surface area contributed by atoms with Gasteiger partial charge in [-0.25, -0.2) is 4.79 Å². The topological polar surface area (TPSA) is 96.4 Å². The Labute approximate surface area is 150 Å². The van der Waals surface area contributed by atoms with Gasteiger partial charge in [-0.15, -0.1) is 0 Å². The second kappa shape index (κ2) is 6.51. The summed E-state index contributed by atoms with van der Waals surface area (Å²) in [4.78, 5) is 39.5. The number of rotatable bonds is 3. The summed E-state index contributed by atoms with van der Waals surface area (Å²) in [5, 5.41) is 9.27. The van der Waals surface area contributed by atoms with Crippen molar-refractivity contribution in [3.05, 3.63) is 18.2 Å². The molecule has 0 aromatic heterocycles. The maximum Gasteiger partial charge on any atom is 0.326 e. The van der Waals surface area contributed by atoms with E-state index >= 15 is 0 Å². The van der Waals surface area contributed by atoms with Gasteiger partial charge in [-0.3, -0.25) is 9.59 Å². The monoisotopic (exact) mass is 360 g/mol. The third-order valence-electron chi connectivity index (χ3n) is 5.13. The van der Waals surface area contributed by atoms with Gasteiger partial charge in [0.2, 0.25) is 11.8 Å². The van der Waals surface area contributed by atoms with Gasteiger partial charge >= 0.3 is 5.97 Å². The van der Waals surface area contributed by atoms with E-state index in [1.807, 2.05) is 0 Å². The van der Waals surface area contributed by atoms with Gasteiger partial charge in [0.25, 0.3) is 0 Å². The molecule has 0 spiro atoms. The van der Waals surface area contributed by atoms with Gasteiger partial charge in [-0.1, -0.05) is 0 Å². The smallest absolute Gasteiger partial charge is 0.326 e. The highest BCUT2D eigenvalue weighted by atomic mass is 16.6. The number of benzene rings is 1. The molecule has 0 radical (unpaired) electrons. The molecule has 2 fully saturated rings. The molecule has 8 nitrogen and oxygen atoms in total. The molecule has 26 heavy (non-hydrogen) atoms. The average molecular weight is 360 g/mol. The SMILES string of the molecule is O=C(O)C1CCCN1C(=O)C1CC(=O)N(c2ccc3c(c2)OCCO3)C1. The number of fused-ring (bicyclic) bond motifs is 1. The van der Waals surface area contributed by atoms with Crippen LogP contribution in [0.3, 0.4) is 0 Å². The van der Waals surface area contributed by atoms with E-state index in [0.29, 0.717) is 49.8 Å². The molecular formula is C18H20N2O6. The molecule has 4 rings (SSSR count). The van der Waals surface area contributed by atoms with E-state index in [-0.39, 0.29) is 24.8 Å². The highest BCUT2D eigenvalue weighted by molar-refractivity contribution is 6.01. The summed E-state index contributed by atoms with van der Waals surface area (Å²) in [6, 6.07) is 4.50. The van der Waals surface area contributed by atoms with Gasteiger partial charge in [0, 0.05) is 31.3 Å². The van der Waals surface area contributed by atoms with Gasteiger partial charge in [-0.05, 0) is 25.0 Å². The standard InChI is InChI=1S/C18H20N2O6/c21-16-8-11(17(22)19-5-1-2-13(19)18(23)24)10-20(16)12-3-4-14-15(9-12)26-7-6-25-14/h3-4,9,11,13H,1-2,5-8,10H2,(H,23,24). The summed E-state index contributed by atoms with van der Waals surface area (Å²) in [5.41, 5.74) is 0.658. The molecule has 0 saturated carbocycles. The van der Waals surface area contributed by atoms with Crippen LogP contribution < -0.4 is 14.4 Å². The first kappa shape index (κ1) is 16.7. The van der Waals surface area contributed by atoms with Gasteiger partial charge in [-0.2, -0.15) is 0 Å². The Bertz CT molecular complexity index is 764. The van der Waals surface area contributed by atoms with Crippen molar-refractivity contribution < 1.29 is 29.0 Å². The fraction of sp³-hybridized carbons (Fsp3) is 0.500. The zero-order valence-electron chi connectivity index (χ0n) is 14.2. The third-order valence-corrected chi connectivity index (χ3v) is 5.13. The van der Waals surface area contributed by atoms with E-state index in [0.717, 1.165) is 0 Å². The Kier molecular flexibility index (Phi) is 4.18. The lowest BCUT2D eigenvalue weighted by atomic mass is 10.1. The Morgan fingerprint density at radius 1 is 1.15 bits per heavy atom. The molecule has 3 heterocycles. The number of nitrogens with zero attached hydrogens (tertiary/aromatic N) is 2. The Morgan fingerprint density at radius 3 is 2.69 bits per heavy atom. The van der Waals surface area contributed by atoms with Crippen LogP contribution in [0.2, 0.25) is 0 Å². The minimum Gasteiger partial charge on any atom is -0.486 e. The van der Waals surface area contributed by atoms with Crippen LogP contribution in [-0.2, 0) is 14.4 Å². The van der Waals surface area contributed by atoms with Crippen LogP contribution in [-0.4, -0.2) is 60.1 Å². The number of aliphatic carboxylic acids is 1. The van der Waals surface area contributed by atoms with Gasteiger partial charge in [0.1, 0.15) is 19.3 Å². The third kappa shape index (κ3) is 2.85. The lowest BCUT2D eigenvalue weighted by Gasteiger charge is -2.25.